The fraction of sp³-hybridized carbons (Fsp3) is 0.167. The normalized spacial score (nSPS) is 18.4. The summed E-state index contributed by atoms with van der Waals surface area (Å²) >= 11 is 0. The summed E-state index contributed by atoms with van der Waals surface area (Å²) in [7, 11) is 0. The number of carbonyl (C=O) groups is 2. The number of Topliss-reactive ketones (excluding diaryl/α,β-unsaturated/α-hetero) is 1. The molecule has 1 aliphatic heterocycles. The molecule has 0 amide bonds. The predicted octanol–water partition coefficient (Wildman–Crippen LogP) is 0.344. The summed E-state index contributed by atoms with van der Waals surface area (Å²) in [6.45, 7) is 1.81. The van der Waals surface area contributed by atoms with E-state index in [1.165, 1.54) is 6.07 Å². The maximum atomic E-state index is 12.0. The molecule has 1 unspecified atom stereocenters. The Kier molecular flexibility index (Phi) is 3.03. The Balaban J connectivity index is 2.41. The molecule has 0 bridgehead atoms. The van der Waals surface area contributed by atoms with Crippen LogP contribution in [0.1, 0.15) is 17.3 Å². The number of nitrogens with one attached hydrogen (secondary N) is 1. The number of hydrogen-bond donors (Lipinski definition) is 1. The number of para-hydroxylation sites is 1. The average Bonchev–Trinajstić information content (AvgIpc) is 2.34. The quantitative estimate of drug-likeness (QED) is 0.454. The van der Waals surface area contributed by atoms with Crippen molar-refractivity contribution >= 4 is 17.4 Å². The molecule has 1 aliphatic rings. The van der Waals surface area contributed by atoms with Crippen LogP contribution in [0.5, 0.6) is 0 Å². The zero-order chi connectivity index (χ0) is 12.4. The number of benzene rings is 1. The molecule has 5 heteroatoms. The molecule has 17 heavy (non-hydrogen) atoms. The molecule has 5 nitrogen and oxygen atoms in total. The van der Waals surface area contributed by atoms with Crippen LogP contribution in [0.2, 0.25) is 0 Å². The van der Waals surface area contributed by atoms with Crippen LogP contribution in [0.3, 0.4) is 0 Å². The second kappa shape index (κ2) is 4.48. The lowest BCUT2D eigenvalue weighted by Crippen LogP contribution is -2.98. The lowest BCUT2D eigenvalue weighted by Gasteiger charge is -2.24. The highest BCUT2D eigenvalue weighted by Crippen LogP contribution is 2.19. The van der Waals surface area contributed by atoms with Crippen molar-refractivity contribution in [1.29, 1.82) is 0 Å². The van der Waals surface area contributed by atoms with Crippen molar-refractivity contribution in [2.24, 2.45) is 0 Å². The summed E-state index contributed by atoms with van der Waals surface area (Å²) in [5, 5.41) is 11.4. The zero-order valence-electron chi connectivity index (χ0n) is 9.23. The minimum atomic E-state index is -0.750. The second-order valence-corrected chi connectivity index (χ2v) is 3.52. The summed E-state index contributed by atoms with van der Waals surface area (Å²) in [5.74, 6) is -1.21. The minimum Gasteiger partial charge on any atom is -0.624 e. The van der Waals surface area contributed by atoms with Crippen LogP contribution in [0.25, 0.3) is 0 Å². The molecule has 1 heterocycles. The third-order valence-corrected chi connectivity index (χ3v) is 2.45. The molecule has 0 fully saturated rings. The van der Waals surface area contributed by atoms with Crippen molar-refractivity contribution < 1.29 is 19.4 Å². The monoisotopic (exact) mass is 233 g/mol. The van der Waals surface area contributed by atoms with Crippen molar-refractivity contribution in [2.75, 3.05) is 6.61 Å². The van der Waals surface area contributed by atoms with Crippen molar-refractivity contribution in [3.63, 3.8) is 0 Å². The van der Waals surface area contributed by atoms with Crippen molar-refractivity contribution in [3.8, 4) is 0 Å². The van der Waals surface area contributed by atoms with Gasteiger partial charge in [-0.05, 0) is 13.0 Å². The average molecular weight is 233 g/mol. The minimum absolute atomic E-state index is 0.166. The number of ketones is 1. The lowest BCUT2D eigenvalue weighted by atomic mass is 9.99. The Labute approximate surface area is 97.9 Å². The molecule has 1 aromatic carbocycles. The molecular weight excluding hydrogens is 222 g/mol. The van der Waals surface area contributed by atoms with Gasteiger partial charge in [-0.3, -0.25) is 4.79 Å². The largest absolute Gasteiger partial charge is 0.624 e. The molecule has 2 rings (SSSR count). The van der Waals surface area contributed by atoms with Crippen LogP contribution in [0.4, 0.5) is 5.69 Å². The zero-order valence-corrected chi connectivity index (χ0v) is 9.23. The molecule has 0 aromatic heterocycles. The standard InChI is InChI=1S/C12H11NO4/c1-2-17-12(15)9-7-13(16)10-6-4-3-5-8(10)11(9)14/h3-7,13H,2H2,1H3. The SMILES string of the molecule is CCOC(=O)C1=C[NH+]([O-])c2ccccc2C1=O. The van der Waals surface area contributed by atoms with Gasteiger partial charge in [-0.15, -0.1) is 0 Å². The van der Waals surface area contributed by atoms with Gasteiger partial charge >= 0.3 is 5.97 Å². The van der Waals surface area contributed by atoms with Crippen LogP contribution in [0.15, 0.2) is 36.0 Å². The van der Waals surface area contributed by atoms with Crippen molar-refractivity contribution in [3.05, 3.63) is 46.8 Å². The third kappa shape index (κ3) is 1.98. The fourth-order valence-corrected chi connectivity index (χ4v) is 1.68. The Morgan fingerprint density at radius 1 is 1.41 bits per heavy atom. The first-order valence-corrected chi connectivity index (χ1v) is 5.22. The van der Waals surface area contributed by atoms with E-state index in [0.717, 1.165) is 6.20 Å². The van der Waals surface area contributed by atoms with Gasteiger partial charge in [-0.2, -0.15) is 0 Å². The van der Waals surface area contributed by atoms with Gasteiger partial charge in [0, 0.05) is 6.07 Å². The lowest BCUT2D eigenvalue weighted by molar-refractivity contribution is -0.715. The van der Waals surface area contributed by atoms with E-state index in [-0.39, 0.29) is 22.8 Å². The van der Waals surface area contributed by atoms with Crippen molar-refractivity contribution in [1.82, 2.24) is 0 Å². The van der Waals surface area contributed by atoms with E-state index in [1.54, 1.807) is 25.1 Å². The first-order chi connectivity index (χ1) is 8.15. The van der Waals surface area contributed by atoms with Gasteiger partial charge in [0.25, 0.3) is 0 Å². The van der Waals surface area contributed by atoms with E-state index in [2.05, 4.69) is 0 Å². The number of carbonyl (C=O) groups excluding carboxylic acids is 2. The number of quaternary nitrogens is 1. The van der Waals surface area contributed by atoms with Crippen molar-refractivity contribution in [2.45, 2.75) is 6.92 Å². The highest BCUT2D eigenvalue weighted by molar-refractivity contribution is 6.25. The summed E-state index contributed by atoms with van der Waals surface area (Å²) in [5.41, 5.74) is 0.379. The molecule has 0 aliphatic carbocycles. The van der Waals surface area contributed by atoms with Gasteiger partial charge in [-0.25, -0.2) is 4.79 Å². The highest BCUT2D eigenvalue weighted by atomic mass is 16.5. The topological polar surface area (TPSA) is 70.9 Å². The van der Waals surface area contributed by atoms with Gasteiger partial charge in [0.1, 0.15) is 11.9 Å². The molecule has 0 saturated carbocycles. The third-order valence-electron chi connectivity index (χ3n) is 2.45. The van der Waals surface area contributed by atoms with Crippen LogP contribution >= 0.6 is 0 Å². The summed E-state index contributed by atoms with van der Waals surface area (Å²) in [6.07, 6.45) is 1.04. The Morgan fingerprint density at radius 3 is 2.82 bits per heavy atom. The first-order valence-electron chi connectivity index (χ1n) is 5.22. The van der Waals surface area contributed by atoms with E-state index in [1.807, 2.05) is 0 Å². The second-order valence-electron chi connectivity index (χ2n) is 3.52. The first kappa shape index (κ1) is 11.5. The van der Waals surface area contributed by atoms with Gasteiger partial charge < -0.3 is 15.0 Å². The smallest absolute Gasteiger partial charge is 0.347 e. The van der Waals surface area contributed by atoms with Gasteiger partial charge in [0.2, 0.25) is 5.78 Å². The Bertz CT molecular complexity index is 507. The maximum absolute atomic E-state index is 12.0. The maximum Gasteiger partial charge on any atom is 0.347 e. The number of rotatable bonds is 2. The molecule has 88 valence electrons. The molecule has 1 aromatic rings. The number of hydroxylamine groups is 1. The molecule has 0 radical (unpaired) electrons. The Morgan fingerprint density at radius 2 is 2.12 bits per heavy atom. The number of ether oxygens (including phenoxy) is 1. The van der Waals surface area contributed by atoms with E-state index in [4.69, 9.17) is 4.74 Å². The number of esters is 1. The van der Waals surface area contributed by atoms with Crippen LogP contribution < -0.4 is 5.06 Å². The van der Waals surface area contributed by atoms with E-state index < -0.39 is 11.8 Å². The number of hydrogen-bond acceptors (Lipinski definition) is 4. The van der Waals surface area contributed by atoms with Crippen LogP contribution in [-0.2, 0) is 9.53 Å². The number of fused-ring (bicyclic) bond motifs is 1. The molecule has 1 N–H and O–H groups in total. The van der Waals surface area contributed by atoms with Crippen LogP contribution in [0, 0.1) is 5.21 Å². The van der Waals surface area contributed by atoms with E-state index in [0.29, 0.717) is 5.69 Å². The van der Waals surface area contributed by atoms with Gasteiger partial charge in [0.15, 0.2) is 5.57 Å². The predicted molar refractivity (Wildman–Crippen MR) is 59.5 cm³/mol. The van der Waals surface area contributed by atoms with Gasteiger partial charge in [0.05, 0.1) is 12.2 Å². The van der Waals surface area contributed by atoms with Gasteiger partial charge in [-0.1, -0.05) is 12.1 Å². The molecular formula is C12H11NO4. The summed E-state index contributed by atoms with van der Waals surface area (Å²) in [6, 6.07) is 6.42. The Hall–Kier alpha value is -1.98. The summed E-state index contributed by atoms with van der Waals surface area (Å²) < 4.78 is 4.73. The molecule has 1 atom stereocenters. The highest BCUT2D eigenvalue weighted by Gasteiger charge is 2.31. The molecule has 0 saturated heterocycles. The van der Waals surface area contributed by atoms with E-state index >= 15 is 0 Å². The van der Waals surface area contributed by atoms with E-state index in [9.17, 15) is 14.8 Å². The summed E-state index contributed by atoms with van der Waals surface area (Å²) in [4.78, 5) is 23.5. The molecule has 0 spiro atoms. The van der Waals surface area contributed by atoms with Crippen LogP contribution in [-0.4, -0.2) is 18.4 Å². The fourth-order valence-electron chi connectivity index (χ4n) is 1.68.